The van der Waals surface area contributed by atoms with E-state index in [1.165, 1.54) is 5.56 Å². The maximum absolute atomic E-state index is 10.7. The fraction of sp³-hybridized carbons (Fsp3) is 0.688. The lowest BCUT2D eigenvalue weighted by molar-refractivity contribution is -0.0482. The molecule has 1 atom stereocenters. The SMILES string of the molecule is CCc1ccc(CN2CCC[C@@](O)(CN(C)C)C2)nc1. The maximum atomic E-state index is 10.7. The topological polar surface area (TPSA) is 39.6 Å². The zero-order valence-corrected chi connectivity index (χ0v) is 13.0. The van der Waals surface area contributed by atoms with Crippen LogP contribution in [0, 0.1) is 0 Å². The van der Waals surface area contributed by atoms with Gasteiger partial charge in [0.1, 0.15) is 0 Å². The average molecular weight is 277 g/mol. The lowest BCUT2D eigenvalue weighted by atomic mass is 9.92. The molecule has 1 aliphatic rings. The van der Waals surface area contributed by atoms with E-state index in [0.717, 1.165) is 51.1 Å². The van der Waals surface area contributed by atoms with Gasteiger partial charge < -0.3 is 10.0 Å². The molecule has 0 saturated carbocycles. The van der Waals surface area contributed by atoms with Crippen LogP contribution in [0.4, 0.5) is 0 Å². The number of β-amino-alcohol motifs (C(OH)–C–C–N with tert-alkyl or cyclic N) is 1. The lowest BCUT2D eigenvalue weighted by Crippen LogP contribution is -2.52. The third-order valence-electron chi connectivity index (χ3n) is 3.92. The molecule has 1 saturated heterocycles. The van der Waals surface area contributed by atoms with Crippen molar-refractivity contribution in [3.63, 3.8) is 0 Å². The third-order valence-corrected chi connectivity index (χ3v) is 3.92. The average Bonchev–Trinajstić information content (AvgIpc) is 2.38. The van der Waals surface area contributed by atoms with Crippen LogP contribution in [0.5, 0.6) is 0 Å². The van der Waals surface area contributed by atoms with E-state index in [0.29, 0.717) is 0 Å². The van der Waals surface area contributed by atoms with Crippen molar-refractivity contribution in [3.8, 4) is 0 Å². The van der Waals surface area contributed by atoms with Gasteiger partial charge in [0, 0.05) is 25.8 Å². The molecule has 1 N–H and O–H groups in total. The van der Waals surface area contributed by atoms with Crippen LogP contribution in [0.3, 0.4) is 0 Å². The summed E-state index contributed by atoms with van der Waals surface area (Å²) in [5.41, 5.74) is 1.79. The summed E-state index contributed by atoms with van der Waals surface area (Å²) in [4.78, 5) is 8.91. The molecule has 1 aromatic rings. The van der Waals surface area contributed by atoms with Crippen molar-refractivity contribution in [3.05, 3.63) is 29.6 Å². The summed E-state index contributed by atoms with van der Waals surface area (Å²) in [5, 5.41) is 10.7. The van der Waals surface area contributed by atoms with Crippen molar-refractivity contribution in [2.75, 3.05) is 33.7 Å². The third kappa shape index (κ3) is 4.27. The minimum Gasteiger partial charge on any atom is -0.387 e. The molecule has 112 valence electrons. The van der Waals surface area contributed by atoms with E-state index < -0.39 is 5.60 Å². The molecule has 0 aliphatic carbocycles. The highest BCUT2D eigenvalue weighted by molar-refractivity contribution is 5.14. The Morgan fingerprint density at radius 1 is 1.40 bits per heavy atom. The zero-order chi connectivity index (χ0) is 14.6. The van der Waals surface area contributed by atoms with E-state index >= 15 is 0 Å². The van der Waals surface area contributed by atoms with Gasteiger partial charge in [0.15, 0.2) is 0 Å². The zero-order valence-electron chi connectivity index (χ0n) is 13.0. The summed E-state index contributed by atoms with van der Waals surface area (Å²) < 4.78 is 0. The van der Waals surface area contributed by atoms with E-state index in [-0.39, 0.29) is 0 Å². The summed E-state index contributed by atoms with van der Waals surface area (Å²) in [7, 11) is 4.03. The van der Waals surface area contributed by atoms with Crippen molar-refractivity contribution >= 4 is 0 Å². The van der Waals surface area contributed by atoms with Gasteiger partial charge >= 0.3 is 0 Å². The molecular formula is C16H27N3O. The highest BCUT2D eigenvalue weighted by Crippen LogP contribution is 2.23. The second-order valence-corrected chi connectivity index (χ2v) is 6.29. The predicted octanol–water partition coefficient (Wildman–Crippen LogP) is 1.53. The minimum absolute atomic E-state index is 0.578. The minimum atomic E-state index is -0.578. The van der Waals surface area contributed by atoms with Crippen LogP contribution >= 0.6 is 0 Å². The number of aryl methyl sites for hydroxylation is 1. The molecule has 1 aliphatic heterocycles. The standard InChI is InChI=1S/C16H27N3O/c1-4-14-6-7-15(17-10-14)11-19-9-5-8-16(20,13-19)12-18(2)3/h6-7,10,20H,4-5,8-9,11-13H2,1-3H3/t16-/m1/s1. The summed E-state index contributed by atoms with van der Waals surface area (Å²) >= 11 is 0. The van der Waals surface area contributed by atoms with E-state index in [1.54, 1.807) is 0 Å². The number of likely N-dealkylation sites (N-methyl/N-ethyl adjacent to an activating group) is 1. The molecule has 4 nitrogen and oxygen atoms in total. The second kappa shape index (κ2) is 6.66. The number of aliphatic hydroxyl groups is 1. The van der Waals surface area contributed by atoms with Gasteiger partial charge in [-0.3, -0.25) is 9.88 Å². The van der Waals surface area contributed by atoms with Gasteiger partial charge in [-0.1, -0.05) is 13.0 Å². The summed E-state index contributed by atoms with van der Waals surface area (Å²) in [6, 6.07) is 4.26. The van der Waals surface area contributed by atoms with Gasteiger partial charge in [0.05, 0.1) is 11.3 Å². The number of hydrogen-bond acceptors (Lipinski definition) is 4. The molecule has 0 bridgehead atoms. The number of aromatic nitrogens is 1. The molecule has 2 heterocycles. The van der Waals surface area contributed by atoms with Gasteiger partial charge in [-0.15, -0.1) is 0 Å². The first kappa shape index (κ1) is 15.4. The Balaban J connectivity index is 1.95. The van der Waals surface area contributed by atoms with Crippen LogP contribution in [0.2, 0.25) is 0 Å². The largest absolute Gasteiger partial charge is 0.387 e. The van der Waals surface area contributed by atoms with Crippen LogP contribution in [-0.4, -0.2) is 59.2 Å². The lowest BCUT2D eigenvalue weighted by Gasteiger charge is -2.40. The number of piperidine rings is 1. The number of rotatable bonds is 5. The van der Waals surface area contributed by atoms with Crippen molar-refractivity contribution in [2.24, 2.45) is 0 Å². The summed E-state index contributed by atoms with van der Waals surface area (Å²) in [5.74, 6) is 0. The van der Waals surface area contributed by atoms with Gasteiger partial charge in [-0.2, -0.15) is 0 Å². The first-order chi connectivity index (χ1) is 9.50. The highest BCUT2D eigenvalue weighted by atomic mass is 16.3. The Bertz CT molecular complexity index is 418. The van der Waals surface area contributed by atoms with Crippen molar-refractivity contribution in [1.82, 2.24) is 14.8 Å². The highest BCUT2D eigenvalue weighted by Gasteiger charge is 2.33. The van der Waals surface area contributed by atoms with Crippen molar-refractivity contribution < 1.29 is 5.11 Å². The van der Waals surface area contributed by atoms with Crippen LogP contribution in [-0.2, 0) is 13.0 Å². The fourth-order valence-electron chi connectivity index (χ4n) is 3.05. The number of nitrogens with zero attached hydrogens (tertiary/aromatic N) is 3. The number of likely N-dealkylation sites (tertiary alicyclic amines) is 1. The molecule has 0 spiro atoms. The quantitative estimate of drug-likeness (QED) is 0.886. The molecule has 0 amide bonds. The van der Waals surface area contributed by atoms with Gasteiger partial charge in [-0.05, 0) is 51.5 Å². The van der Waals surface area contributed by atoms with Gasteiger partial charge in [0.2, 0.25) is 0 Å². The molecule has 2 rings (SSSR count). The summed E-state index contributed by atoms with van der Waals surface area (Å²) in [6.45, 7) is 5.49. The van der Waals surface area contributed by atoms with E-state index in [1.807, 2.05) is 20.3 Å². The van der Waals surface area contributed by atoms with Crippen LogP contribution in [0.25, 0.3) is 0 Å². The van der Waals surface area contributed by atoms with Crippen molar-refractivity contribution in [2.45, 2.75) is 38.3 Å². The molecule has 0 radical (unpaired) electrons. The normalized spacial score (nSPS) is 24.2. The summed E-state index contributed by atoms with van der Waals surface area (Å²) in [6.07, 6.45) is 4.94. The molecule has 1 fully saturated rings. The Labute approximate surface area is 122 Å². The van der Waals surface area contributed by atoms with Gasteiger partial charge in [-0.25, -0.2) is 0 Å². The Kier molecular flexibility index (Phi) is 5.13. The Morgan fingerprint density at radius 3 is 2.80 bits per heavy atom. The van der Waals surface area contributed by atoms with Crippen LogP contribution < -0.4 is 0 Å². The number of hydrogen-bond donors (Lipinski definition) is 1. The van der Waals surface area contributed by atoms with Crippen LogP contribution in [0.15, 0.2) is 18.3 Å². The first-order valence-corrected chi connectivity index (χ1v) is 7.54. The van der Waals surface area contributed by atoms with E-state index in [9.17, 15) is 5.11 Å². The fourth-order valence-corrected chi connectivity index (χ4v) is 3.05. The van der Waals surface area contributed by atoms with E-state index in [4.69, 9.17) is 0 Å². The number of pyridine rings is 1. The van der Waals surface area contributed by atoms with Crippen LogP contribution in [0.1, 0.15) is 31.0 Å². The Morgan fingerprint density at radius 2 is 2.20 bits per heavy atom. The smallest absolute Gasteiger partial charge is 0.0900 e. The van der Waals surface area contributed by atoms with Crippen molar-refractivity contribution in [1.29, 1.82) is 0 Å². The first-order valence-electron chi connectivity index (χ1n) is 7.54. The van der Waals surface area contributed by atoms with Gasteiger partial charge in [0.25, 0.3) is 0 Å². The maximum Gasteiger partial charge on any atom is 0.0900 e. The molecule has 1 aromatic heterocycles. The molecule has 4 heteroatoms. The molecule has 0 aromatic carbocycles. The molecule has 20 heavy (non-hydrogen) atoms. The predicted molar refractivity (Wildman–Crippen MR) is 81.6 cm³/mol. The Hall–Kier alpha value is -0.970. The molecule has 0 unspecified atom stereocenters. The monoisotopic (exact) mass is 277 g/mol. The van der Waals surface area contributed by atoms with E-state index in [2.05, 4.69) is 33.8 Å². The molecular weight excluding hydrogens is 250 g/mol. The second-order valence-electron chi connectivity index (χ2n) is 6.29.